The summed E-state index contributed by atoms with van der Waals surface area (Å²) in [6.45, 7) is 3.73. The van der Waals surface area contributed by atoms with Crippen LogP contribution in [-0.2, 0) is 0 Å². The highest BCUT2D eigenvalue weighted by Gasteiger charge is 2.23. The van der Waals surface area contributed by atoms with E-state index in [1.807, 2.05) is 19.1 Å². The lowest BCUT2D eigenvalue weighted by molar-refractivity contribution is 0.208. The number of nitrogens with zero attached hydrogens (tertiary/aromatic N) is 4. The lowest BCUT2D eigenvalue weighted by Gasteiger charge is -2.32. The first-order chi connectivity index (χ1) is 12.2. The molecular weight excluding hydrogens is 320 g/mol. The van der Waals surface area contributed by atoms with Gasteiger partial charge in [-0.05, 0) is 31.7 Å². The van der Waals surface area contributed by atoms with E-state index in [2.05, 4.69) is 15.0 Å². The van der Waals surface area contributed by atoms with Crippen molar-refractivity contribution in [3.05, 3.63) is 36.5 Å². The molecule has 4 rings (SSSR count). The zero-order valence-corrected chi connectivity index (χ0v) is 14.1. The van der Waals surface area contributed by atoms with Crippen molar-refractivity contribution in [1.82, 2.24) is 15.1 Å². The van der Waals surface area contributed by atoms with Gasteiger partial charge in [0, 0.05) is 37.5 Å². The van der Waals surface area contributed by atoms with Crippen molar-refractivity contribution < 1.29 is 14.0 Å². The molecule has 0 radical (unpaired) electrons. The number of furan rings is 1. The Kier molecular flexibility index (Phi) is 4.23. The first-order valence-electron chi connectivity index (χ1n) is 8.43. The molecule has 0 bridgehead atoms. The Morgan fingerprint density at radius 1 is 1.40 bits per heavy atom. The first-order valence-corrected chi connectivity index (χ1v) is 8.43. The van der Waals surface area contributed by atoms with Gasteiger partial charge in [-0.3, -0.25) is 0 Å². The average Bonchev–Trinajstić information content (AvgIpc) is 3.33. The smallest absolute Gasteiger partial charge is 0.225 e. The van der Waals surface area contributed by atoms with Crippen LogP contribution >= 0.6 is 0 Å². The number of aliphatic hydroxyl groups excluding tert-OH is 1. The van der Waals surface area contributed by atoms with Gasteiger partial charge in [0.2, 0.25) is 5.95 Å². The van der Waals surface area contributed by atoms with Crippen LogP contribution in [0.3, 0.4) is 0 Å². The molecule has 4 heterocycles. The zero-order valence-electron chi connectivity index (χ0n) is 14.1. The maximum Gasteiger partial charge on any atom is 0.225 e. The molecule has 0 aliphatic carbocycles. The highest BCUT2D eigenvalue weighted by Crippen LogP contribution is 2.32. The van der Waals surface area contributed by atoms with E-state index in [4.69, 9.17) is 13.9 Å². The molecule has 7 heteroatoms. The molecule has 130 valence electrons. The predicted octanol–water partition coefficient (Wildman–Crippen LogP) is 2.91. The van der Waals surface area contributed by atoms with Crippen molar-refractivity contribution in [3.8, 4) is 22.6 Å². The van der Waals surface area contributed by atoms with Crippen LogP contribution in [0.5, 0.6) is 0 Å². The second-order valence-electron chi connectivity index (χ2n) is 6.41. The lowest BCUT2D eigenvalue weighted by Crippen LogP contribution is -2.37. The maximum atomic E-state index is 9.46. The molecule has 25 heavy (non-hydrogen) atoms. The van der Waals surface area contributed by atoms with Crippen molar-refractivity contribution >= 4 is 5.95 Å². The van der Waals surface area contributed by atoms with Gasteiger partial charge >= 0.3 is 0 Å². The van der Waals surface area contributed by atoms with E-state index in [1.54, 1.807) is 18.7 Å². The average molecular weight is 340 g/mol. The van der Waals surface area contributed by atoms with Crippen molar-refractivity contribution in [2.24, 2.45) is 5.92 Å². The third kappa shape index (κ3) is 3.15. The standard InChI is InChI=1S/C18H20N4O3/c1-12-7-16(25-21-12)15-8-19-18(20-17(15)14-4-6-24-11-14)22-5-2-3-13(9-22)10-23/h4,6-8,11,13,23H,2-3,5,9-10H2,1H3/t13-/m0/s1. The third-order valence-electron chi connectivity index (χ3n) is 4.52. The van der Waals surface area contributed by atoms with Crippen LogP contribution < -0.4 is 4.90 Å². The maximum absolute atomic E-state index is 9.46. The minimum absolute atomic E-state index is 0.195. The molecule has 0 spiro atoms. The van der Waals surface area contributed by atoms with E-state index in [0.29, 0.717) is 11.7 Å². The summed E-state index contributed by atoms with van der Waals surface area (Å²) in [6, 6.07) is 3.73. The van der Waals surface area contributed by atoms with Gasteiger partial charge in [-0.15, -0.1) is 0 Å². The van der Waals surface area contributed by atoms with Crippen LogP contribution in [0.15, 0.2) is 39.8 Å². The fourth-order valence-corrected chi connectivity index (χ4v) is 3.21. The Morgan fingerprint density at radius 3 is 3.04 bits per heavy atom. The molecular formula is C18H20N4O3. The van der Waals surface area contributed by atoms with Crippen LogP contribution in [0.2, 0.25) is 0 Å². The number of anilines is 1. The second kappa shape index (κ2) is 6.68. The molecule has 3 aromatic heterocycles. The fourth-order valence-electron chi connectivity index (χ4n) is 3.21. The van der Waals surface area contributed by atoms with E-state index >= 15 is 0 Å². The van der Waals surface area contributed by atoms with Gasteiger partial charge in [0.25, 0.3) is 0 Å². The summed E-state index contributed by atoms with van der Waals surface area (Å²) in [5.41, 5.74) is 3.20. The molecule has 1 saturated heterocycles. The summed E-state index contributed by atoms with van der Waals surface area (Å²) in [5.74, 6) is 1.56. The van der Waals surface area contributed by atoms with E-state index in [1.165, 1.54) is 0 Å². The molecule has 1 fully saturated rings. The number of aliphatic hydroxyl groups is 1. The van der Waals surface area contributed by atoms with E-state index < -0.39 is 0 Å². The largest absolute Gasteiger partial charge is 0.472 e. The number of hydrogen-bond donors (Lipinski definition) is 1. The molecule has 1 aliphatic heterocycles. The summed E-state index contributed by atoms with van der Waals surface area (Å²) < 4.78 is 10.6. The van der Waals surface area contributed by atoms with Crippen molar-refractivity contribution in [3.63, 3.8) is 0 Å². The highest BCUT2D eigenvalue weighted by atomic mass is 16.5. The highest BCUT2D eigenvalue weighted by molar-refractivity contribution is 5.78. The zero-order chi connectivity index (χ0) is 17.2. The number of aryl methyl sites for hydroxylation is 1. The molecule has 0 unspecified atom stereocenters. The van der Waals surface area contributed by atoms with E-state index in [-0.39, 0.29) is 12.5 Å². The first kappa shape index (κ1) is 15.8. The summed E-state index contributed by atoms with van der Waals surface area (Å²) in [5, 5.41) is 13.4. The van der Waals surface area contributed by atoms with Crippen LogP contribution in [0.25, 0.3) is 22.6 Å². The summed E-state index contributed by atoms with van der Waals surface area (Å²) >= 11 is 0. The van der Waals surface area contributed by atoms with Gasteiger partial charge in [-0.25, -0.2) is 9.97 Å². The Morgan fingerprint density at radius 2 is 2.32 bits per heavy atom. The minimum atomic E-state index is 0.195. The summed E-state index contributed by atoms with van der Waals surface area (Å²) in [7, 11) is 0. The SMILES string of the molecule is Cc1cc(-c2cnc(N3CCC[C@H](CO)C3)nc2-c2ccoc2)on1. The number of piperidine rings is 1. The van der Waals surface area contributed by atoms with Gasteiger partial charge in [-0.2, -0.15) is 0 Å². The summed E-state index contributed by atoms with van der Waals surface area (Å²) in [6.07, 6.45) is 7.11. The van der Waals surface area contributed by atoms with Crippen LogP contribution in [-0.4, -0.2) is 39.9 Å². The van der Waals surface area contributed by atoms with Crippen LogP contribution in [0.1, 0.15) is 18.5 Å². The molecule has 3 aromatic rings. The molecule has 0 saturated carbocycles. The van der Waals surface area contributed by atoms with Crippen LogP contribution in [0, 0.1) is 12.8 Å². The Balaban J connectivity index is 1.75. The van der Waals surface area contributed by atoms with Crippen LogP contribution in [0.4, 0.5) is 5.95 Å². The topological polar surface area (TPSA) is 88.4 Å². The molecule has 1 aliphatic rings. The van der Waals surface area contributed by atoms with Crippen molar-refractivity contribution in [2.45, 2.75) is 19.8 Å². The Labute approximate surface area is 145 Å². The molecule has 0 aromatic carbocycles. The fraction of sp³-hybridized carbons (Fsp3) is 0.389. The molecule has 1 N–H and O–H groups in total. The minimum Gasteiger partial charge on any atom is -0.472 e. The van der Waals surface area contributed by atoms with Gasteiger partial charge < -0.3 is 18.9 Å². The van der Waals surface area contributed by atoms with Gasteiger partial charge in [0.15, 0.2) is 5.76 Å². The molecule has 1 atom stereocenters. The van der Waals surface area contributed by atoms with Crippen molar-refractivity contribution in [2.75, 3.05) is 24.6 Å². The van der Waals surface area contributed by atoms with E-state index in [0.717, 1.165) is 48.4 Å². The lowest BCUT2D eigenvalue weighted by atomic mass is 9.99. The number of aromatic nitrogens is 3. The van der Waals surface area contributed by atoms with Gasteiger partial charge in [0.1, 0.15) is 0 Å². The normalized spacial score (nSPS) is 17.8. The quantitative estimate of drug-likeness (QED) is 0.781. The monoisotopic (exact) mass is 340 g/mol. The number of hydrogen-bond acceptors (Lipinski definition) is 7. The van der Waals surface area contributed by atoms with Gasteiger partial charge in [-0.1, -0.05) is 5.16 Å². The Hall–Kier alpha value is -2.67. The van der Waals surface area contributed by atoms with E-state index in [9.17, 15) is 5.11 Å². The molecule has 0 amide bonds. The van der Waals surface area contributed by atoms with Gasteiger partial charge in [0.05, 0.1) is 29.5 Å². The number of rotatable bonds is 4. The van der Waals surface area contributed by atoms with Crippen molar-refractivity contribution in [1.29, 1.82) is 0 Å². The second-order valence-corrected chi connectivity index (χ2v) is 6.41. The Bertz CT molecular complexity index is 844. The predicted molar refractivity (Wildman–Crippen MR) is 92.0 cm³/mol. The summed E-state index contributed by atoms with van der Waals surface area (Å²) in [4.78, 5) is 11.4. The molecule has 7 nitrogen and oxygen atoms in total. The third-order valence-corrected chi connectivity index (χ3v) is 4.52.